The Labute approximate surface area is 97.6 Å². The van der Waals surface area contributed by atoms with Gasteiger partial charge in [-0.1, -0.05) is 0 Å². The Bertz CT molecular complexity index is 363. The first-order valence-electron chi connectivity index (χ1n) is 5.95. The fourth-order valence-corrected chi connectivity index (χ4v) is 4.82. The maximum atomic E-state index is 11.5. The fourth-order valence-electron chi connectivity index (χ4n) is 3.08. The molecule has 5 heteroatoms. The molecular formula is C11H21NO3S. The second kappa shape index (κ2) is 3.96. The molecule has 4 nitrogen and oxygen atoms in total. The third-order valence-corrected chi connectivity index (χ3v) is 5.62. The molecule has 94 valence electrons. The standard InChI is InChI=1S/C11H21NO3S/c1-11(2)7-10(13)3-5-12(11)9-4-6-16(14,15)8-9/h9-10,13H,3-8H2,1-2H3. The lowest BCUT2D eigenvalue weighted by Crippen LogP contribution is -2.56. The Hall–Kier alpha value is -0.130. The van der Waals surface area contributed by atoms with Gasteiger partial charge in [0.15, 0.2) is 9.84 Å². The molecule has 2 aliphatic rings. The summed E-state index contributed by atoms with van der Waals surface area (Å²) >= 11 is 0. The minimum atomic E-state index is -2.81. The van der Waals surface area contributed by atoms with Crippen molar-refractivity contribution < 1.29 is 13.5 Å². The van der Waals surface area contributed by atoms with Crippen molar-refractivity contribution in [3.8, 4) is 0 Å². The number of hydrogen-bond acceptors (Lipinski definition) is 4. The lowest BCUT2D eigenvalue weighted by atomic mass is 9.87. The minimum absolute atomic E-state index is 0.0812. The molecule has 1 N–H and O–H groups in total. The van der Waals surface area contributed by atoms with Gasteiger partial charge in [-0.05, 0) is 33.1 Å². The normalized spacial score (nSPS) is 38.7. The summed E-state index contributed by atoms with van der Waals surface area (Å²) in [6.45, 7) is 5.01. The van der Waals surface area contributed by atoms with Crippen molar-refractivity contribution in [3.05, 3.63) is 0 Å². The Morgan fingerprint density at radius 2 is 2.00 bits per heavy atom. The van der Waals surface area contributed by atoms with E-state index in [4.69, 9.17) is 0 Å². The summed E-state index contributed by atoms with van der Waals surface area (Å²) in [5.74, 6) is 0.624. The van der Waals surface area contributed by atoms with Crippen LogP contribution in [0.2, 0.25) is 0 Å². The first kappa shape index (κ1) is 12.3. The van der Waals surface area contributed by atoms with Crippen LogP contribution < -0.4 is 0 Å². The highest BCUT2D eigenvalue weighted by atomic mass is 32.2. The van der Waals surface area contributed by atoms with Gasteiger partial charge in [0.05, 0.1) is 17.6 Å². The van der Waals surface area contributed by atoms with Gasteiger partial charge in [-0.2, -0.15) is 0 Å². The van der Waals surface area contributed by atoms with Gasteiger partial charge in [0.1, 0.15) is 0 Å². The maximum absolute atomic E-state index is 11.5. The van der Waals surface area contributed by atoms with E-state index in [9.17, 15) is 13.5 Å². The van der Waals surface area contributed by atoms with Crippen LogP contribution in [0.25, 0.3) is 0 Å². The van der Waals surface area contributed by atoms with E-state index in [2.05, 4.69) is 18.7 Å². The van der Waals surface area contributed by atoms with Crippen molar-refractivity contribution in [2.45, 2.75) is 50.8 Å². The summed E-state index contributed by atoms with van der Waals surface area (Å²) in [4.78, 5) is 2.28. The minimum Gasteiger partial charge on any atom is -0.393 e. The van der Waals surface area contributed by atoms with Crippen LogP contribution in [0.3, 0.4) is 0 Å². The van der Waals surface area contributed by atoms with E-state index >= 15 is 0 Å². The quantitative estimate of drug-likeness (QED) is 0.729. The van der Waals surface area contributed by atoms with Crippen molar-refractivity contribution >= 4 is 9.84 Å². The van der Waals surface area contributed by atoms with Gasteiger partial charge in [-0.3, -0.25) is 4.90 Å². The smallest absolute Gasteiger partial charge is 0.151 e. The number of hydrogen-bond donors (Lipinski definition) is 1. The van der Waals surface area contributed by atoms with Gasteiger partial charge in [-0.25, -0.2) is 8.42 Å². The van der Waals surface area contributed by atoms with Crippen LogP contribution in [0.4, 0.5) is 0 Å². The van der Waals surface area contributed by atoms with E-state index in [0.29, 0.717) is 11.5 Å². The average Bonchev–Trinajstić information content (AvgIpc) is 2.43. The number of rotatable bonds is 1. The molecule has 0 aliphatic carbocycles. The van der Waals surface area contributed by atoms with Gasteiger partial charge in [0.25, 0.3) is 0 Å². The van der Waals surface area contributed by atoms with Crippen LogP contribution >= 0.6 is 0 Å². The molecular weight excluding hydrogens is 226 g/mol. The average molecular weight is 247 g/mol. The zero-order valence-corrected chi connectivity index (χ0v) is 10.8. The van der Waals surface area contributed by atoms with E-state index in [1.54, 1.807) is 0 Å². The molecule has 0 amide bonds. The molecule has 0 radical (unpaired) electrons. The monoisotopic (exact) mass is 247 g/mol. The summed E-state index contributed by atoms with van der Waals surface area (Å²) in [5.41, 5.74) is -0.0812. The summed E-state index contributed by atoms with van der Waals surface area (Å²) in [6, 6.07) is 0.160. The van der Waals surface area contributed by atoms with Gasteiger partial charge in [0, 0.05) is 18.1 Å². The first-order chi connectivity index (χ1) is 7.30. The molecule has 0 bridgehead atoms. The Morgan fingerprint density at radius 1 is 1.31 bits per heavy atom. The topological polar surface area (TPSA) is 57.6 Å². The number of aliphatic hydroxyl groups is 1. The van der Waals surface area contributed by atoms with Crippen molar-refractivity contribution in [2.75, 3.05) is 18.1 Å². The predicted octanol–water partition coefficient (Wildman–Crippen LogP) is 0.409. The summed E-state index contributed by atoms with van der Waals surface area (Å²) in [7, 11) is -2.81. The number of sulfone groups is 1. The number of nitrogens with zero attached hydrogens (tertiary/aromatic N) is 1. The van der Waals surface area contributed by atoms with Crippen LogP contribution in [0, 0.1) is 0 Å². The van der Waals surface area contributed by atoms with Crippen molar-refractivity contribution in [3.63, 3.8) is 0 Å². The van der Waals surface area contributed by atoms with E-state index in [0.717, 1.165) is 25.8 Å². The van der Waals surface area contributed by atoms with E-state index in [1.165, 1.54) is 0 Å². The second-order valence-electron chi connectivity index (χ2n) is 5.71. The van der Waals surface area contributed by atoms with Gasteiger partial charge in [-0.15, -0.1) is 0 Å². The van der Waals surface area contributed by atoms with Crippen molar-refractivity contribution in [2.24, 2.45) is 0 Å². The third kappa shape index (κ3) is 2.41. The van der Waals surface area contributed by atoms with Crippen LogP contribution in [-0.4, -0.2) is 54.2 Å². The molecule has 0 spiro atoms. The first-order valence-corrected chi connectivity index (χ1v) is 7.77. The Balaban J connectivity index is 2.10. The van der Waals surface area contributed by atoms with Crippen LogP contribution in [0.5, 0.6) is 0 Å². The van der Waals surface area contributed by atoms with E-state index < -0.39 is 9.84 Å². The third-order valence-electron chi connectivity index (χ3n) is 3.87. The molecule has 2 saturated heterocycles. The zero-order chi connectivity index (χ0) is 12.0. The van der Waals surface area contributed by atoms with E-state index in [1.807, 2.05) is 0 Å². The molecule has 0 aromatic carbocycles. The van der Waals surface area contributed by atoms with Crippen molar-refractivity contribution in [1.82, 2.24) is 4.90 Å². The number of aliphatic hydroxyl groups excluding tert-OH is 1. The molecule has 2 atom stereocenters. The lowest BCUT2D eigenvalue weighted by Gasteiger charge is -2.47. The Morgan fingerprint density at radius 3 is 2.50 bits per heavy atom. The molecule has 0 aromatic heterocycles. The van der Waals surface area contributed by atoms with Gasteiger partial charge >= 0.3 is 0 Å². The molecule has 16 heavy (non-hydrogen) atoms. The van der Waals surface area contributed by atoms with Crippen molar-refractivity contribution in [1.29, 1.82) is 0 Å². The molecule has 2 rings (SSSR count). The summed E-state index contributed by atoms with van der Waals surface area (Å²) < 4.78 is 23.0. The summed E-state index contributed by atoms with van der Waals surface area (Å²) in [5, 5.41) is 9.66. The summed E-state index contributed by atoms with van der Waals surface area (Å²) in [6.07, 6.45) is 2.02. The predicted molar refractivity (Wildman–Crippen MR) is 63.1 cm³/mol. The highest BCUT2D eigenvalue weighted by Gasteiger charge is 2.41. The zero-order valence-electron chi connectivity index (χ0n) is 10.0. The highest BCUT2D eigenvalue weighted by Crippen LogP contribution is 2.32. The lowest BCUT2D eigenvalue weighted by molar-refractivity contribution is -0.0217. The number of likely N-dealkylation sites (tertiary alicyclic amines) is 1. The SMILES string of the molecule is CC1(C)CC(O)CCN1C1CCS(=O)(=O)C1. The van der Waals surface area contributed by atoms with Crippen LogP contribution in [0.15, 0.2) is 0 Å². The van der Waals surface area contributed by atoms with Gasteiger partial charge in [0.2, 0.25) is 0 Å². The molecule has 0 saturated carbocycles. The fraction of sp³-hybridized carbons (Fsp3) is 1.00. The molecule has 2 aliphatic heterocycles. The van der Waals surface area contributed by atoms with Gasteiger partial charge < -0.3 is 5.11 Å². The number of piperidine rings is 1. The maximum Gasteiger partial charge on any atom is 0.151 e. The molecule has 2 unspecified atom stereocenters. The Kier molecular flexibility index (Phi) is 3.05. The molecule has 2 fully saturated rings. The molecule has 0 aromatic rings. The van der Waals surface area contributed by atoms with E-state index in [-0.39, 0.29) is 17.7 Å². The van der Waals surface area contributed by atoms with Crippen LogP contribution in [-0.2, 0) is 9.84 Å². The largest absolute Gasteiger partial charge is 0.393 e. The van der Waals surface area contributed by atoms with Crippen LogP contribution in [0.1, 0.15) is 33.1 Å². The highest BCUT2D eigenvalue weighted by molar-refractivity contribution is 7.91. The second-order valence-corrected chi connectivity index (χ2v) is 7.94. The molecule has 2 heterocycles.